The van der Waals surface area contributed by atoms with Gasteiger partial charge < -0.3 is 4.90 Å². The zero-order chi connectivity index (χ0) is 12.4. The smallest absolute Gasteiger partial charge is 0.223 e. The fourth-order valence-electron chi connectivity index (χ4n) is 1.98. The molecule has 0 saturated carbocycles. The highest BCUT2D eigenvalue weighted by Crippen LogP contribution is 2.26. The van der Waals surface area contributed by atoms with Gasteiger partial charge in [0.25, 0.3) is 0 Å². The second kappa shape index (κ2) is 5.72. The van der Waals surface area contributed by atoms with Crippen LogP contribution in [0.1, 0.15) is 12.0 Å². The van der Waals surface area contributed by atoms with Gasteiger partial charge in [0.1, 0.15) is 0 Å². The van der Waals surface area contributed by atoms with Gasteiger partial charge in [-0.3, -0.25) is 4.79 Å². The molecular weight excluding hydrogens is 369 g/mol. The van der Waals surface area contributed by atoms with Crippen molar-refractivity contribution in [2.45, 2.75) is 13.0 Å². The number of benzene rings is 1. The molecule has 1 aliphatic rings. The van der Waals surface area contributed by atoms with E-state index < -0.39 is 0 Å². The summed E-state index contributed by atoms with van der Waals surface area (Å²) >= 11 is 12.7. The first-order valence-corrected chi connectivity index (χ1v) is 7.50. The summed E-state index contributed by atoms with van der Waals surface area (Å²) in [5.41, 5.74) is 1.11. The van der Waals surface area contributed by atoms with E-state index >= 15 is 0 Å². The largest absolute Gasteiger partial charge is 0.338 e. The third-order valence-corrected chi connectivity index (χ3v) is 4.59. The van der Waals surface area contributed by atoms with Crippen LogP contribution in [0.25, 0.3) is 0 Å². The molecule has 1 heterocycles. The maximum Gasteiger partial charge on any atom is 0.223 e. The van der Waals surface area contributed by atoms with E-state index in [2.05, 4.69) is 31.9 Å². The summed E-state index contributed by atoms with van der Waals surface area (Å²) in [7, 11) is 0. The molecule has 1 aliphatic heterocycles. The van der Waals surface area contributed by atoms with Crippen LogP contribution in [0.15, 0.2) is 27.1 Å². The first-order chi connectivity index (χ1) is 8.10. The van der Waals surface area contributed by atoms with Crippen LogP contribution in [0, 0.1) is 5.92 Å². The SMILES string of the molecule is O=C1CC(CCl)CN1Cc1cc(Br)ccc1Br. The molecule has 5 heteroatoms. The molecule has 2 nitrogen and oxygen atoms in total. The molecule has 92 valence electrons. The zero-order valence-electron chi connectivity index (χ0n) is 9.13. The minimum Gasteiger partial charge on any atom is -0.338 e. The molecule has 1 atom stereocenters. The van der Waals surface area contributed by atoms with Gasteiger partial charge >= 0.3 is 0 Å². The summed E-state index contributed by atoms with van der Waals surface area (Å²) in [6.07, 6.45) is 0.578. The predicted octanol–water partition coefficient (Wildman–Crippen LogP) is 3.80. The van der Waals surface area contributed by atoms with Gasteiger partial charge in [-0.15, -0.1) is 11.6 Å². The molecule has 2 rings (SSSR count). The number of carbonyl (C=O) groups is 1. The van der Waals surface area contributed by atoms with E-state index in [1.165, 1.54) is 0 Å². The third-order valence-electron chi connectivity index (χ3n) is 2.88. The number of carbonyl (C=O) groups excluding carboxylic acids is 1. The van der Waals surface area contributed by atoms with E-state index in [9.17, 15) is 4.79 Å². The Balaban J connectivity index is 2.11. The van der Waals surface area contributed by atoms with Crippen LogP contribution in [-0.2, 0) is 11.3 Å². The highest BCUT2D eigenvalue weighted by molar-refractivity contribution is 9.11. The molecule has 1 aromatic rings. The lowest BCUT2D eigenvalue weighted by atomic mass is 10.1. The lowest BCUT2D eigenvalue weighted by Gasteiger charge is -2.17. The molecule has 1 fully saturated rings. The number of alkyl halides is 1. The molecule has 1 unspecified atom stereocenters. The van der Waals surface area contributed by atoms with Gasteiger partial charge in [0, 0.05) is 34.3 Å². The van der Waals surface area contributed by atoms with Crippen LogP contribution < -0.4 is 0 Å². The van der Waals surface area contributed by atoms with E-state index in [1.54, 1.807) is 0 Å². The number of hydrogen-bond donors (Lipinski definition) is 0. The van der Waals surface area contributed by atoms with Gasteiger partial charge in [0.2, 0.25) is 5.91 Å². The van der Waals surface area contributed by atoms with Crippen molar-refractivity contribution >= 4 is 49.4 Å². The summed E-state index contributed by atoms with van der Waals surface area (Å²) in [4.78, 5) is 13.7. The van der Waals surface area contributed by atoms with Crippen molar-refractivity contribution in [1.29, 1.82) is 0 Å². The zero-order valence-corrected chi connectivity index (χ0v) is 13.1. The summed E-state index contributed by atoms with van der Waals surface area (Å²) in [5.74, 6) is 1.06. The Morgan fingerprint density at radius 1 is 1.41 bits per heavy atom. The Morgan fingerprint density at radius 3 is 2.82 bits per heavy atom. The van der Waals surface area contributed by atoms with Crippen molar-refractivity contribution in [2.24, 2.45) is 5.92 Å². The maximum absolute atomic E-state index is 11.8. The number of likely N-dealkylation sites (tertiary alicyclic amines) is 1. The molecule has 1 amide bonds. The van der Waals surface area contributed by atoms with E-state index in [1.807, 2.05) is 23.1 Å². The van der Waals surface area contributed by atoms with Gasteiger partial charge in [-0.2, -0.15) is 0 Å². The highest BCUT2D eigenvalue weighted by Gasteiger charge is 2.29. The Labute approximate surface area is 123 Å². The molecule has 1 aromatic carbocycles. The third kappa shape index (κ3) is 3.24. The quantitative estimate of drug-likeness (QED) is 0.730. The molecule has 0 radical (unpaired) electrons. The van der Waals surface area contributed by atoms with Crippen LogP contribution in [0.2, 0.25) is 0 Å². The van der Waals surface area contributed by atoms with Crippen molar-refractivity contribution in [3.05, 3.63) is 32.7 Å². The van der Waals surface area contributed by atoms with E-state index in [-0.39, 0.29) is 5.91 Å². The molecule has 0 aliphatic carbocycles. The van der Waals surface area contributed by atoms with Gasteiger partial charge in [-0.05, 0) is 29.7 Å². The van der Waals surface area contributed by atoms with Gasteiger partial charge in [-0.1, -0.05) is 31.9 Å². The Hall–Kier alpha value is -0.0600. The summed E-state index contributed by atoms with van der Waals surface area (Å²) in [6, 6.07) is 5.99. The Bertz CT molecular complexity index is 439. The lowest BCUT2D eigenvalue weighted by Crippen LogP contribution is -2.24. The normalized spacial score (nSPS) is 20.1. The van der Waals surface area contributed by atoms with Gasteiger partial charge in [0.05, 0.1) is 0 Å². The average molecular weight is 381 g/mol. The first kappa shape index (κ1) is 13.4. The number of amides is 1. The highest BCUT2D eigenvalue weighted by atomic mass is 79.9. The summed E-state index contributed by atoms with van der Waals surface area (Å²) in [5, 5.41) is 0. The fraction of sp³-hybridized carbons (Fsp3) is 0.417. The van der Waals surface area contributed by atoms with Crippen LogP contribution in [0.4, 0.5) is 0 Å². The van der Waals surface area contributed by atoms with Crippen molar-refractivity contribution in [2.75, 3.05) is 12.4 Å². The lowest BCUT2D eigenvalue weighted by molar-refractivity contribution is -0.128. The van der Waals surface area contributed by atoms with Gasteiger partial charge in [-0.25, -0.2) is 0 Å². The number of halogens is 3. The number of rotatable bonds is 3. The molecule has 0 bridgehead atoms. The molecule has 0 N–H and O–H groups in total. The van der Waals surface area contributed by atoms with Crippen LogP contribution in [-0.4, -0.2) is 23.2 Å². The second-order valence-electron chi connectivity index (χ2n) is 4.23. The molecular formula is C12H12Br2ClNO. The fourth-order valence-corrected chi connectivity index (χ4v) is 2.97. The minimum absolute atomic E-state index is 0.197. The Morgan fingerprint density at radius 2 is 2.18 bits per heavy atom. The average Bonchev–Trinajstić information content (AvgIpc) is 2.65. The second-order valence-corrected chi connectivity index (χ2v) is 6.31. The van der Waals surface area contributed by atoms with Crippen LogP contribution in [0.3, 0.4) is 0 Å². The van der Waals surface area contributed by atoms with E-state index in [0.717, 1.165) is 21.1 Å². The molecule has 1 saturated heterocycles. The van der Waals surface area contributed by atoms with Crippen molar-refractivity contribution < 1.29 is 4.79 Å². The van der Waals surface area contributed by atoms with Crippen LogP contribution in [0.5, 0.6) is 0 Å². The monoisotopic (exact) mass is 379 g/mol. The number of nitrogens with zero attached hydrogens (tertiary/aromatic N) is 1. The standard InChI is InChI=1S/C12H12Br2ClNO/c13-10-1-2-11(14)9(4-10)7-16-6-8(5-15)3-12(16)17/h1-2,4,8H,3,5-7H2. The number of hydrogen-bond acceptors (Lipinski definition) is 1. The molecule has 17 heavy (non-hydrogen) atoms. The maximum atomic E-state index is 11.8. The van der Waals surface area contributed by atoms with Gasteiger partial charge in [0.15, 0.2) is 0 Å². The first-order valence-electron chi connectivity index (χ1n) is 5.38. The minimum atomic E-state index is 0.197. The van der Waals surface area contributed by atoms with E-state index in [0.29, 0.717) is 24.8 Å². The van der Waals surface area contributed by atoms with Crippen molar-refractivity contribution in [1.82, 2.24) is 4.90 Å². The summed E-state index contributed by atoms with van der Waals surface area (Å²) in [6.45, 7) is 1.41. The van der Waals surface area contributed by atoms with Crippen molar-refractivity contribution in [3.8, 4) is 0 Å². The molecule has 0 spiro atoms. The summed E-state index contributed by atoms with van der Waals surface area (Å²) < 4.78 is 2.05. The van der Waals surface area contributed by atoms with E-state index in [4.69, 9.17) is 11.6 Å². The topological polar surface area (TPSA) is 20.3 Å². The predicted molar refractivity (Wildman–Crippen MR) is 76.1 cm³/mol. The van der Waals surface area contributed by atoms with Crippen molar-refractivity contribution in [3.63, 3.8) is 0 Å². The Kier molecular flexibility index (Phi) is 4.50. The van der Waals surface area contributed by atoms with Crippen LogP contribution >= 0.6 is 43.5 Å². The molecule has 0 aromatic heterocycles.